The predicted octanol–water partition coefficient (Wildman–Crippen LogP) is 1.78. The molecule has 0 aliphatic heterocycles. The van der Waals surface area contributed by atoms with E-state index in [1.54, 1.807) is 57.3 Å². The summed E-state index contributed by atoms with van der Waals surface area (Å²) in [6.45, 7) is 5.06. The molecule has 3 aromatic rings. The summed E-state index contributed by atoms with van der Waals surface area (Å²) in [6.07, 6.45) is 0.271. The van der Waals surface area contributed by atoms with E-state index in [4.69, 9.17) is 15.6 Å². The summed E-state index contributed by atoms with van der Waals surface area (Å²) in [4.78, 5) is 65.7. The zero-order valence-corrected chi connectivity index (χ0v) is 23.1. The van der Waals surface area contributed by atoms with Crippen molar-refractivity contribution < 1.29 is 33.8 Å². The fourth-order valence-corrected chi connectivity index (χ4v) is 4.18. The van der Waals surface area contributed by atoms with Crippen molar-refractivity contribution in [2.75, 3.05) is 0 Å². The number of fused-ring (bicyclic) bond motifs is 1. The molecule has 0 saturated carbocycles. The molecule has 2 aromatic carbocycles. The van der Waals surface area contributed by atoms with E-state index in [9.17, 15) is 24.0 Å². The summed E-state index contributed by atoms with van der Waals surface area (Å²) in [5, 5.41) is 17.6. The summed E-state index contributed by atoms with van der Waals surface area (Å²) in [7, 11) is 0. The minimum atomic E-state index is -1.49. The maximum absolute atomic E-state index is 13.7. The normalized spacial score (nSPS) is 13.4. The number of hydrogen-bond donors (Lipinski definition) is 6. The molecular weight excluding hydrogens is 530 g/mol. The number of carboxylic acid groups (broad SMARTS) is 1. The number of aromatic amines is 1. The number of hydrogen-bond acceptors (Lipinski definition) is 6. The van der Waals surface area contributed by atoms with Crippen molar-refractivity contribution >= 4 is 40.7 Å². The number of alkyl carbamates (subject to hydrolysis) is 1. The van der Waals surface area contributed by atoms with Gasteiger partial charge in [-0.1, -0.05) is 48.5 Å². The number of aliphatic carboxylic acids is 1. The monoisotopic (exact) mass is 565 g/mol. The number of rotatable bonds is 12. The molecule has 0 radical (unpaired) electrons. The Morgan fingerprint density at radius 1 is 0.854 bits per heavy atom. The van der Waals surface area contributed by atoms with E-state index in [1.165, 1.54) is 0 Å². The topological polar surface area (TPSA) is 193 Å². The molecule has 7 N–H and O–H groups in total. The molecule has 12 heteroatoms. The van der Waals surface area contributed by atoms with Gasteiger partial charge in [0.1, 0.15) is 23.7 Å². The van der Waals surface area contributed by atoms with Crippen LogP contribution in [0.1, 0.15) is 38.3 Å². The Morgan fingerprint density at radius 3 is 2.05 bits per heavy atom. The summed E-state index contributed by atoms with van der Waals surface area (Å²) in [5.74, 6) is -3.87. The third-order valence-electron chi connectivity index (χ3n) is 6.06. The molecule has 1 aromatic heterocycles. The van der Waals surface area contributed by atoms with Crippen LogP contribution in [0.15, 0.2) is 60.8 Å². The summed E-state index contributed by atoms with van der Waals surface area (Å²) in [6, 6.07) is 12.4. The fourth-order valence-electron chi connectivity index (χ4n) is 4.18. The first-order valence-corrected chi connectivity index (χ1v) is 13.0. The first-order chi connectivity index (χ1) is 19.3. The molecule has 4 amide bonds. The lowest BCUT2D eigenvalue weighted by Gasteiger charge is -2.26. The third kappa shape index (κ3) is 9.38. The minimum Gasteiger partial charge on any atom is -0.481 e. The van der Waals surface area contributed by atoms with E-state index in [0.29, 0.717) is 5.56 Å². The van der Waals surface area contributed by atoms with Crippen LogP contribution in [-0.4, -0.2) is 63.6 Å². The lowest BCUT2D eigenvalue weighted by Crippen LogP contribution is -2.57. The number of carbonyl (C=O) groups excluding carboxylic acids is 4. The highest BCUT2D eigenvalue weighted by atomic mass is 16.6. The Kier molecular flexibility index (Phi) is 10.1. The van der Waals surface area contributed by atoms with Gasteiger partial charge in [-0.15, -0.1) is 0 Å². The maximum Gasteiger partial charge on any atom is 0.408 e. The first-order valence-electron chi connectivity index (χ1n) is 13.0. The number of para-hydroxylation sites is 1. The zero-order valence-electron chi connectivity index (χ0n) is 23.1. The zero-order chi connectivity index (χ0) is 30.2. The standard InChI is InChI=1S/C29H35N5O7/c1-29(2,3)41-28(40)34-23(14-18-16-31-20-12-8-7-11-19(18)20)27(39)33-22(13-17-9-5-4-6-10-17)26(38)32-21(25(30)37)15-24(35)36/h4-12,16,21-23,31H,13-15H2,1-3H3,(H2,30,37)(H,32,38)(H,33,39)(H,34,40)(H,35,36)/t21-,22-,23-/m0/s1. The number of benzene rings is 2. The van der Waals surface area contributed by atoms with Gasteiger partial charge in [0.2, 0.25) is 17.7 Å². The van der Waals surface area contributed by atoms with Gasteiger partial charge in [-0.2, -0.15) is 0 Å². The second-order valence-corrected chi connectivity index (χ2v) is 10.6. The SMILES string of the molecule is CC(C)(C)OC(=O)N[C@@H](Cc1c[nH]c2ccccc12)C(=O)N[C@@H](Cc1ccccc1)C(=O)N[C@@H](CC(=O)O)C(N)=O. The fraction of sp³-hybridized carbons (Fsp3) is 0.345. The van der Waals surface area contributed by atoms with Crippen LogP contribution in [0.4, 0.5) is 4.79 Å². The molecule has 218 valence electrons. The molecule has 0 aliphatic carbocycles. The molecular formula is C29H35N5O7. The highest BCUT2D eigenvalue weighted by molar-refractivity contribution is 5.95. The number of aromatic nitrogens is 1. The molecule has 0 fully saturated rings. The van der Waals surface area contributed by atoms with Gasteiger partial charge in [-0.25, -0.2) is 4.79 Å². The van der Waals surface area contributed by atoms with Gasteiger partial charge in [-0.3, -0.25) is 19.2 Å². The summed E-state index contributed by atoms with van der Waals surface area (Å²) >= 11 is 0. The number of ether oxygens (including phenoxy) is 1. The Hall–Kier alpha value is -4.87. The second kappa shape index (κ2) is 13.5. The van der Waals surface area contributed by atoms with Gasteiger partial charge in [0.05, 0.1) is 6.42 Å². The highest BCUT2D eigenvalue weighted by Crippen LogP contribution is 2.20. The Labute approximate surface area is 237 Å². The smallest absolute Gasteiger partial charge is 0.408 e. The van der Waals surface area contributed by atoms with Crippen molar-refractivity contribution in [3.63, 3.8) is 0 Å². The van der Waals surface area contributed by atoms with Gasteiger partial charge in [0.25, 0.3) is 0 Å². The molecule has 3 atom stereocenters. The number of nitrogens with two attached hydrogens (primary N) is 1. The molecule has 0 unspecified atom stereocenters. The quantitative estimate of drug-likeness (QED) is 0.193. The highest BCUT2D eigenvalue weighted by Gasteiger charge is 2.31. The van der Waals surface area contributed by atoms with Crippen molar-refractivity contribution in [1.82, 2.24) is 20.9 Å². The average molecular weight is 566 g/mol. The first kappa shape index (κ1) is 30.7. The van der Waals surface area contributed by atoms with Gasteiger partial charge < -0.3 is 36.5 Å². The van der Waals surface area contributed by atoms with Crippen LogP contribution in [0.5, 0.6) is 0 Å². The lowest BCUT2D eigenvalue weighted by atomic mass is 10.0. The van der Waals surface area contributed by atoms with Gasteiger partial charge in [-0.05, 0) is 38.0 Å². The van der Waals surface area contributed by atoms with Crippen LogP contribution in [-0.2, 0) is 36.8 Å². The van der Waals surface area contributed by atoms with Crippen LogP contribution in [0.25, 0.3) is 10.9 Å². The largest absolute Gasteiger partial charge is 0.481 e. The second-order valence-electron chi connectivity index (χ2n) is 10.6. The van der Waals surface area contributed by atoms with E-state index in [-0.39, 0.29) is 12.8 Å². The third-order valence-corrected chi connectivity index (χ3v) is 6.06. The maximum atomic E-state index is 13.7. The number of nitrogens with one attached hydrogen (secondary N) is 4. The van der Waals surface area contributed by atoms with Gasteiger partial charge in [0.15, 0.2) is 0 Å². The molecule has 0 aliphatic rings. The van der Waals surface area contributed by atoms with E-state index in [0.717, 1.165) is 16.5 Å². The molecule has 3 rings (SSSR count). The Morgan fingerprint density at radius 2 is 1.44 bits per heavy atom. The summed E-state index contributed by atoms with van der Waals surface area (Å²) < 4.78 is 5.36. The van der Waals surface area contributed by atoms with Crippen LogP contribution in [0, 0.1) is 0 Å². The molecule has 0 saturated heterocycles. The van der Waals surface area contributed by atoms with Crippen LogP contribution in [0.3, 0.4) is 0 Å². The number of carboxylic acids is 1. The Balaban J connectivity index is 1.89. The van der Waals surface area contributed by atoms with Crippen molar-refractivity contribution in [2.45, 2.75) is 63.8 Å². The number of primary amides is 1. The van der Waals surface area contributed by atoms with E-state index in [1.807, 2.05) is 24.3 Å². The van der Waals surface area contributed by atoms with Crippen LogP contribution >= 0.6 is 0 Å². The van der Waals surface area contributed by atoms with Crippen molar-refractivity contribution in [3.05, 3.63) is 71.9 Å². The predicted molar refractivity (Wildman–Crippen MR) is 151 cm³/mol. The van der Waals surface area contributed by atoms with Crippen LogP contribution < -0.4 is 21.7 Å². The van der Waals surface area contributed by atoms with Gasteiger partial charge >= 0.3 is 12.1 Å². The number of H-pyrrole nitrogens is 1. The van der Waals surface area contributed by atoms with Crippen LogP contribution in [0.2, 0.25) is 0 Å². The Bertz CT molecular complexity index is 1400. The van der Waals surface area contributed by atoms with E-state index >= 15 is 0 Å². The average Bonchev–Trinajstić information content (AvgIpc) is 3.29. The molecule has 41 heavy (non-hydrogen) atoms. The number of carbonyl (C=O) groups is 5. The molecule has 0 spiro atoms. The van der Waals surface area contributed by atoms with Gasteiger partial charge in [0, 0.05) is 29.9 Å². The van der Waals surface area contributed by atoms with Crippen molar-refractivity contribution in [3.8, 4) is 0 Å². The minimum absolute atomic E-state index is 0.0171. The number of amides is 4. The molecule has 0 bridgehead atoms. The lowest BCUT2D eigenvalue weighted by molar-refractivity contribution is -0.140. The summed E-state index contributed by atoms with van der Waals surface area (Å²) in [5.41, 5.74) is 6.75. The van der Waals surface area contributed by atoms with Crippen molar-refractivity contribution in [1.29, 1.82) is 0 Å². The molecule has 1 heterocycles. The van der Waals surface area contributed by atoms with E-state index < -0.39 is 59.9 Å². The van der Waals surface area contributed by atoms with E-state index in [2.05, 4.69) is 20.9 Å². The molecule has 12 nitrogen and oxygen atoms in total. The van der Waals surface area contributed by atoms with Crippen molar-refractivity contribution in [2.24, 2.45) is 5.73 Å².